The average Bonchev–Trinajstić information content (AvgIpc) is 3.66. The second-order valence-electron chi connectivity index (χ2n) is 11.8. The van der Waals surface area contributed by atoms with Crippen LogP contribution in [0.3, 0.4) is 0 Å². The summed E-state index contributed by atoms with van der Waals surface area (Å²) in [5, 5.41) is 5.14. The second-order valence-corrected chi connectivity index (χ2v) is 13.4. The fourth-order valence-electron chi connectivity index (χ4n) is 7.68. The van der Waals surface area contributed by atoms with Gasteiger partial charge < -0.3 is 9.11 Å². The lowest BCUT2D eigenvalue weighted by atomic mass is 9.78. The van der Waals surface area contributed by atoms with Gasteiger partial charge in [-0.05, 0) is 68.7 Å². The van der Waals surface area contributed by atoms with Gasteiger partial charge in [0.05, 0.1) is 17.5 Å². The third-order valence-corrected chi connectivity index (χ3v) is 9.36. The van der Waals surface area contributed by atoms with E-state index in [4.69, 9.17) is 34.8 Å². The zero-order valence-electron chi connectivity index (χ0n) is 25.9. The van der Waals surface area contributed by atoms with Crippen molar-refractivity contribution in [2.75, 3.05) is 14.2 Å². The highest BCUT2D eigenvalue weighted by Crippen LogP contribution is 2.54. The van der Waals surface area contributed by atoms with E-state index >= 15 is 0 Å². The Morgan fingerprint density at radius 1 is 0.729 bits per heavy atom. The highest BCUT2D eigenvalue weighted by atomic mass is 32.3. The first kappa shape index (κ1) is 33.5. The number of hydrogen-bond acceptors (Lipinski definition) is 6. The minimum absolute atomic E-state index is 0.402. The zero-order valence-corrected chi connectivity index (χ0v) is 27.5. The third-order valence-electron chi connectivity index (χ3n) is 9.36. The summed E-state index contributed by atoms with van der Waals surface area (Å²) in [7, 11) is -7.19. The molecule has 8 rings (SSSR count). The summed E-state index contributed by atoms with van der Waals surface area (Å²) in [6, 6.07) is 26.6. The van der Waals surface area contributed by atoms with Crippen LogP contribution in [0.4, 0.5) is 7.77 Å². The van der Waals surface area contributed by atoms with Crippen molar-refractivity contribution in [3.8, 4) is 0 Å². The minimum atomic E-state index is -5.42. The number of ketones is 2. The summed E-state index contributed by atoms with van der Waals surface area (Å²) < 4.78 is 82.7. The summed E-state index contributed by atoms with van der Waals surface area (Å²) in [4.78, 5) is 0. The SMILES string of the molecule is C[O+]=C1CC2=C(CCC2C2=CC3=CC(=[O+]C)c4c(ccc5ccccc45)C3C2)c2ccc3ccccc3c21.O=S(=O)([O-])F.O=S(=O)([O-])F. The monoisotopic (exact) mass is 692 g/mol. The van der Waals surface area contributed by atoms with Gasteiger partial charge in [0.2, 0.25) is 0 Å². The van der Waals surface area contributed by atoms with E-state index in [0.717, 1.165) is 30.8 Å². The zero-order chi connectivity index (χ0) is 34.4. The number of fused-ring (bicyclic) bond motifs is 9. The van der Waals surface area contributed by atoms with Gasteiger partial charge in [-0.1, -0.05) is 84.4 Å². The maximum Gasteiger partial charge on any atom is 0.351 e. The average molecular weight is 693 g/mol. The minimum Gasteiger partial charge on any atom is -0.722 e. The van der Waals surface area contributed by atoms with E-state index in [9.17, 15) is 7.77 Å². The number of rotatable bonds is 1. The molecule has 2 unspecified atom stereocenters. The largest absolute Gasteiger partial charge is 0.722 e. The third kappa shape index (κ3) is 6.79. The predicted octanol–water partition coefficient (Wildman–Crippen LogP) is 7.14. The molecule has 4 aliphatic carbocycles. The van der Waals surface area contributed by atoms with Crippen molar-refractivity contribution in [2.24, 2.45) is 5.92 Å². The van der Waals surface area contributed by atoms with Crippen molar-refractivity contribution in [3.63, 3.8) is 0 Å². The Bertz CT molecular complexity index is 2310. The molecule has 48 heavy (non-hydrogen) atoms. The molecule has 4 aromatic rings. The number of hydrogen-bond donors (Lipinski definition) is 0. The first-order valence-electron chi connectivity index (χ1n) is 15.0. The molecule has 0 N–H and O–H groups in total. The van der Waals surface area contributed by atoms with Crippen LogP contribution in [0.2, 0.25) is 0 Å². The van der Waals surface area contributed by atoms with Crippen LogP contribution in [0.5, 0.6) is 0 Å². The summed E-state index contributed by atoms with van der Waals surface area (Å²) in [6.07, 6.45) is 9.11. The lowest BCUT2D eigenvalue weighted by molar-refractivity contribution is -0.225. The molecular weight excluding hydrogens is 663 g/mol. The van der Waals surface area contributed by atoms with E-state index in [2.05, 4.69) is 84.9 Å². The number of halogens is 2. The molecule has 0 spiro atoms. The first-order valence-corrected chi connectivity index (χ1v) is 17.7. The standard InChI is InChI=1S/C36H30O2.2FHO3S/c1-37-33-19-24-17-23(18-31(24)30-14-12-22-8-4-6-10-27(22)36(30)33)25-15-16-28-29-13-11-21-7-3-5-9-26(21)35(29)34(38-2)20-32(25)28;2*1-5(2,3)4/h3-14,17,19,25,31H,15-16,18,20H2,1-2H3;2*(H,2,3,4)/q+2;;/p-2. The smallest absolute Gasteiger partial charge is 0.351 e. The normalized spacial score (nSPS) is 21.4. The van der Waals surface area contributed by atoms with Crippen LogP contribution in [0, 0.1) is 5.92 Å². The number of carbonyl (C=O) groups excluding carboxylic acids is 2. The van der Waals surface area contributed by atoms with Crippen LogP contribution in [0.15, 0.2) is 102 Å². The molecule has 0 aromatic heterocycles. The summed E-state index contributed by atoms with van der Waals surface area (Å²) in [6.45, 7) is 0. The van der Waals surface area contributed by atoms with Gasteiger partial charge in [-0.15, -0.1) is 7.77 Å². The molecule has 0 radical (unpaired) electrons. The highest BCUT2D eigenvalue weighted by Gasteiger charge is 2.42. The Kier molecular flexibility index (Phi) is 9.03. The summed E-state index contributed by atoms with van der Waals surface area (Å²) in [5.74, 6) is 2.99. The predicted molar refractivity (Wildman–Crippen MR) is 178 cm³/mol. The molecular formula is C36H30F2O8S2. The molecule has 0 fully saturated rings. The number of allylic oxidation sites excluding steroid dienone is 6. The maximum absolute atomic E-state index is 10.1. The molecule has 8 nitrogen and oxygen atoms in total. The molecule has 2 atom stereocenters. The van der Waals surface area contributed by atoms with Gasteiger partial charge in [0.1, 0.15) is 0 Å². The van der Waals surface area contributed by atoms with Crippen molar-refractivity contribution >= 4 is 59.7 Å². The van der Waals surface area contributed by atoms with Crippen LogP contribution in [0.25, 0.3) is 27.1 Å². The van der Waals surface area contributed by atoms with Crippen molar-refractivity contribution in [1.29, 1.82) is 0 Å². The summed E-state index contributed by atoms with van der Waals surface area (Å²) >= 11 is 0. The van der Waals surface area contributed by atoms with Crippen LogP contribution in [-0.2, 0) is 21.0 Å². The Morgan fingerprint density at radius 2 is 1.31 bits per heavy atom. The van der Waals surface area contributed by atoms with Crippen molar-refractivity contribution in [2.45, 2.75) is 31.6 Å². The molecule has 0 saturated carbocycles. The van der Waals surface area contributed by atoms with Gasteiger partial charge in [0, 0.05) is 17.9 Å². The maximum atomic E-state index is 10.1. The molecule has 4 aliphatic rings. The van der Waals surface area contributed by atoms with E-state index in [1.54, 1.807) is 23.8 Å². The lowest BCUT2D eigenvalue weighted by Gasteiger charge is -2.23. The Hall–Kier alpha value is -4.36. The molecule has 0 bridgehead atoms. The first-order chi connectivity index (χ1) is 22.7. The fourth-order valence-corrected chi connectivity index (χ4v) is 7.68. The van der Waals surface area contributed by atoms with Gasteiger partial charge in [0.15, 0.2) is 0 Å². The van der Waals surface area contributed by atoms with Crippen LogP contribution >= 0.6 is 0 Å². The van der Waals surface area contributed by atoms with Crippen LogP contribution in [0.1, 0.15) is 62.7 Å². The van der Waals surface area contributed by atoms with Gasteiger partial charge >= 0.3 is 11.6 Å². The Morgan fingerprint density at radius 3 is 1.92 bits per heavy atom. The molecule has 0 saturated heterocycles. The van der Waals surface area contributed by atoms with Gasteiger partial charge in [-0.25, -0.2) is 16.8 Å². The van der Waals surface area contributed by atoms with Crippen LogP contribution in [-0.4, -0.2) is 51.7 Å². The highest BCUT2D eigenvalue weighted by molar-refractivity contribution is 7.80. The van der Waals surface area contributed by atoms with Crippen molar-refractivity contribution in [1.82, 2.24) is 0 Å². The van der Waals surface area contributed by atoms with E-state index in [1.165, 1.54) is 55.8 Å². The van der Waals surface area contributed by atoms with E-state index in [0.29, 0.717) is 11.8 Å². The Labute approximate surface area is 277 Å². The molecule has 248 valence electrons. The molecule has 0 amide bonds. The molecule has 12 heteroatoms. The summed E-state index contributed by atoms with van der Waals surface area (Å²) in [5.41, 5.74) is 11.5. The van der Waals surface area contributed by atoms with E-state index < -0.39 is 21.0 Å². The number of benzene rings is 4. The van der Waals surface area contributed by atoms with E-state index in [-0.39, 0.29) is 0 Å². The molecule has 4 aromatic carbocycles. The van der Waals surface area contributed by atoms with E-state index in [1.807, 2.05) is 7.11 Å². The Balaban J connectivity index is 0.000000355. The van der Waals surface area contributed by atoms with Gasteiger partial charge in [0.25, 0.3) is 35.2 Å². The quantitative estimate of drug-likeness (QED) is 0.118. The second kappa shape index (κ2) is 12.9. The fraction of sp³-hybridized carbons (Fsp3) is 0.222. The van der Waals surface area contributed by atoms with Gasteiger partial charge in [-0.3, -0.25) is 8.85 Å². The van der Waals surface area contributed by atoms with Crippen molar-refractivity contribution in [3.05, 3.63) is 124 Å². The lowest BCUT2D eigenvalue weighted by Crippen LogP contribution is -2.16. The van der Waals surface area contributed by atoms with Crippen molar-refractivity contribution < 1.29 is 42.6 Å². The molecule has 0 heterocycles. The molecule has 0 aliphatic heterocycles. The van der Waals surface area contributed by atoms with Crippen LogP contribution < -0.4 is 0 Å². The van der Waals surface area contributed by atoms with Gasteiger partial charge in [-0.2, -0.15) is 0 Å². The topological polar surface area (TPSA) is 137 Å².